The molecule has 2 atom stereocenters. The molecule has 4 heteroatoms. The molecule has 0 amide bonds. The second-order valence-corrected chi connectivity index (χ2v) is 11.1. The first kappa shape index (κ1) is 30.1. The Hall–Kier alpha value is -2.10. The highest BCUT2D eigenvalue weighted by Gasteiger charge is 2.23. The molecule has 0 aromatic rings. The van der Waals surface area contributed by atoms with Crippen LogP contribution in [-0.4, -0.2) is 25.2 Å². The van der Waals surface area contributed by atoms with Crippen LogP contribution in [0.3, 0.4) is 0 Å². The van der Waals surface area contributed by atoms with Crippen molar-refractivity contribution in [2.24, 2.45) is 11.8 Å². The van der Waals surface area contributed by atoms with Gasteiger partial charge in [0.25, 0.3) is 0 Å². The summed E-state index contributed by atoms with van der Waals surface area (Å²) in [5.41, 5.74) is 5.70. The van der Waals surface area contributed by atoms with Crippen molar-refractivity contribution in [2.45, 2.75) is 118 Å². The number of esters is 2. The van der Waals surface area contributed by atoms with Crippen LogP contribution in [0.2, 0.25) is 0 Å². The van der Waals surface area contributed by atoms with E-state index in [1.165, 1.54) is 22.3 Å². The maximum Gasteiger partial charge on any atom is 0.309 e. The van der Waals surface area contributed by atoms with Crippen LogP contribution in [0.1, 0.15) is 118 Å². The van der Waals surface area contributed by atoms with E-state index in [1.54, 1.807) is 0 Å². The van der Waals surface area contributed by atoms with Gasteiger partial charge in [-0.25, -0.2) is 0 Å². The fourth-order valence-corrected chi connectivity index (χ4v) is 4.89. The molecule has 0 radical (unpaired) electrons. The largest absolute Gasteiger partial charge is 0.465 e. The van der Waals surface area contributed by atoms with E-state index in [9.17, 15) is 9.59 Å². The van der Waals surface area contributed by atoms with E-state index in [0.29, 0.717) is 13.2 Å². The first-order chi connectivity index (χ1) is 17.3. The number of hydrogen-bond donors (Lipinski definition) is 0. The van der Waals surface area contributed by atoms with Crippen molar-refractivity contribution in [1.29, 1.82) is 0 Å². The first-order valence-electron chi connectivity index (χ1n) is 14.3. The van der Waals surface area contributed by atoms with E-state index < -0.39 is 0 Å². The zero-order chi connectivity index (χ0) is 26.2. The Morgan fingerprint density at radius 2 is 1.14 bits per heavy atom. The van der Waals surface area contributed by atoms with Gasteiger partial charge in [-0.1, -0.05) is 46.6 Å². The molecule has 0 aromatic heterocycles. The van der Waals surface area contributed by atoms with E-state index >= 15 is 0 Å². The number of carbonyl (C=O) groups excluding carboxylic acids is 2. The van der Waals surface area contributed by atoms with Gasteiger partial charge in [0.2, 0.25) is 0 Å². The van der Waals surface area contributed by atoms with Gasteiger partial charge < -0.3 is 9.47 Å². The smallest absolute Gasteiger partial charge is 0.309 e. The van der Waals surface area contributed by atoms with Gasteiger partial charge in [0.1, 0.15) is 0 Å². The van der Waals surface area contributed by atoms with E-state index in [-0.39, 0.29) is 23.8 Å². The Labute approximate surface area is 220 Å². The molecule has 36 heavy (non-hydrogen) atoms. The van der Waals surface area contributed by atoms with Crippen molar-refractivity contribution in [3.8, 4) is 0 Å². The summed E-state index contributed by atoms with van der Waals surface area (Å²) in [5, 5.41) is 0. The molecule has 0 spiro atoms. The van der Waals surface area contributed by atoms with Gasteiger partial charge in [-0.05, 0) is 118 Å². The molecule has 202 valence electrons. The Bertz CT molecular complexity index is 738. The monoisotopic (exact) mass is 498 g/mol. The van der Waals surface area contributed by atoms with Crippen molar-refractivity contribution >= 4 is 11.9 Å². The zero-order valence-electron chi connectivity index (χ0n) is 23.4. The fourth-order valence-electron chi connectivity index (χ4n) is 4.89. The van der Waals surface area contributed by atoms with Gasteiger partial charge in [0.15, 0.2) is 0 Å². The van der Waals surface area contributed by atoms with Gasteiger partial charge >= 0.3 is 11.9 Å². The molecule has 2 unspecified atom stereocenters. The number of carbonyl (C=O) groups is 2. The lowest BCUT2D eigenvalue weighted by Gasteiger charge is -2.21. The van der Waals surface area contributed by atoms with Gasteiger partial charge in [-0.3, -0.25) is 9.59 Å². The normalized spacial score (nSPS) is 19.6. The second kappa shape index (κ2) is 17.4. The molecule has 0 aromatic carbocycles. The lowest BCUT2D eigenvalue weighted by molar-refractivity contribution is -0.150. The number of rotatable bonds is 15. The predicted octanol–water partition coefficient (Wildman–Crippen LogP) is 8.58. The van der Waals surface area contributed by atoms with Crippen molar-refractivity contribution in [3.63, 3.8) is 0 Å². The van der Waals surface area contributed by atoms with Gasteiger partial charge in [0.05, 0.1) is 25.0 Å². The molecular formula is C32H50O4. The summed E-state index contributed by atoms with van der Waals surface area (Å²) in [7, 11) is 0. The quantitative estimate of drug-likeness (QED) is 0.129. The van der Waals surface area contributed by atoms with Crippen LogP contribution in [0.25, 0.3) is 0 Å². The van der Waals surface area contributed by atoms with Crippen molar-refractivity contribution < 1.29 is 19.1 Å². The SMILES string of the molecule is CC(C)=CCCC1=CCC(C(=O)OCCCCCCOC(=O)C2CC=C(CCC=C(C)C)CC2)CC1. The number of hydrogen-bond acceptors (Lipinski definition) is 4. The number of ether oxygens (including phenoxy) is 2. The first-order valence-corrected chi connectivity index (χ1v) is 14.3. The lowest BCUT2D eigenvalue weighted by atomic mass is 9.88. The van der Waals surface area contributed by atoms with Crippen LogP contribution in [0.4, 0.5) is 0 Å². The number of allylic oxidation sites excluding steroid dienone is 8. The van der Waals surface area contributed by atoms with Crippen LogP contribution in [0.5, 0.6) is 0 Å². The van der Waals surface area contributed by atoms with E-state index in [2.05, 4.69) is 52.0 Å². The van der Waals surface area contributed by atoms with Gasteiger partial charge in [0, 0.05) is 0 Å². The summed E-state index contributed by atoms with van der Waals surface area (Å²) < 4.78 is 11.1. The molecule has 2 aliphatic rings. The Kier molecular flexibility index (Phi) is 14.5. The van der Waals surface area contributed by atoms with Crippen LogP contribution in [-0.2, 0) is 19.1 Å². The molecule has 0 saturated heterocycles. The van der Waals surface area contributed by atoms with Crippen LogP contribution >= 0.6 is 0 Å². The molecule has 0 heterocycles. The van der Waals surface area contributed by atoms with Crippen LogP contribution < -0.4 is 0 Å². The summed E-state index contributed by atoms with van der Waals surface area (Å²) in [6, 6.07) is 0. The average Bonchev–Trinajstić information content (AvgIpc) is 2.85. The molecule has 2 rings (SSSR count). The average molecular weight is 499 g/mol. The molecule has 4 nitrogen and oxygen atoms in total. The summed E-state index contributed by atoms with van der Waals surface area (Å²) >= 11 is 0. The molecule has 0 N–H and O–H groups in total. The summed E-state index contributed by atoms with van der Waals surface area (Å²) in [6.07, 6.45) is 22.7. The molecule has 0 saturated carbocycles. The third-order valence-corrected chi connectivity index (χ3v) is 7.24. The van der Waals surface area contributed by atoms with Gasteiger partial charge in [-0.15, -0.1) is 0 Å². The summed E-state index contributed by atoms with van der Waals surface area (Å²) in [4.78, 5) is 24.7. The highest BCUT2D eigenvalue weighted by atomic mass is 16.5. The zero-order valence-corrected chi connectivity index (χ0v) is 23.4. The maximum absolute atomic E-state index is 12.3. The Morgan fingerprint density at radius 3 is 1.47 bits per heavy atom. The minimum absolute atomic E-state index is 0.0275. The highest BCUT2D eigenvalue weighted by Crippen LogP contribution is 2.28. The Balaban J connectivity index is 1.46. The van der Waals surface area contributed by atoms with Crippen molar-refractivity contribution in [1.82, 2.24) is 0 Å². The van der Waals surface area contributed by atoms with E-state index in [4.69, 9.17) is 9.47 Å². The number of unbranched alkanes of at least 4 members (excludes halogenated alkanes) is 3. The molecule has 0 bridgehead atoms. The minimum atomic E-state index is -0.0369. The van der Waals surface area contributed by atoms with Crippen molar-refractivity contribution in [2.75, 3.05) is 13.2 Å². The summed E-state index contributed by atoms with van der Waals surface area (Å²) in [6.45, 7) is 9.53. The van der Waals surface area contributed by atoms with Crippen LogP contribution in [0, 0.1) is 11.8 Å². The third kappa shape index (κ3) is 12.7. The van der Waals surface area contributed by atoms with Gasteiger partial charge in [-0.2, -0.15) is 0 Å². The van der Waals surface area contributed by atoms with Crippen LogP contribution in [0.15, 0.2) is 46.6 Å². The predicted molar refractivity (Wildman–Crippen MR) is 149 cm³/mol. The fraction of sp³-hybridized carbons (Fsp3) is 0.688. The van der Waals surface area contributed by atoms with E-state index in [0.717, 1.165) is 89.9 Å². The minimum Gasteiger partial charge on any atom is -0.465 e. The highest BCUT2D eigenvalue weighted by molar-refractivity contribution is 5.73. The molecule has 2 aliphatic carbocycles. The van der Waals surface area contributed by atoms with E-state index in [1.807, 2.05) is 0 Å². The standard InChI is InChI=1S/C32H50O4/c1-25(2)11-9-13-27-15-19-29(20-16-27)31(33)35-23-7-5-6-8-24-36-32(34)30-21-17-28(18-22-30)14-10-12-26(3)4/h11-12,15,17,29-30H,5-10,13-14,16,18-24H2,1-4H3. The molecular weight excluding hydrogens is 448 g/mol. The third-order valence-electron chi connectivity index (χ3n) is 7.24. The van der Waals surface area contributed by atoms with Crippen molar-refractivity contribution in [3.05, 3.63) is 46.6 Å². The molecule has 0 aliphatic heterocycles. The molecule has 0 fully saturated rings. The topological polar surface area (TPSA) is 52.6 Å². The summed E-state index contributed by atoms with van der Waals surface area (Å²) in [5.74, 6) is -0.0188. The maximum atomic E-state index is 12.3. The Morgan fingerprint density at radius 1 is 0.722 bits per heavy atom. The lowest BCUT2D eigenvalue weighted by Crippen LogP contribution is -2.20. The second-order valence-electron chi connectivity index (χ2n) is 11.1.